The number of hydrogen-bond acceptors (Lipinski definition) is 5. The number of hydrogen-bond donors (Lipinski definition) is 4. The Bertz CT molecular complexity index is 131. The minimum absolute atomic E-state index is 0.0165. The second kappa shape index (κ2) is 4.43. The van der Waals surface area contributed by atoms with E-state index in [0.717, 1.165) is 0 Å². The normalized spacial score (nSPS) is 43.0. The van der Waals surface area contributed by atoms with Gasteiger partial charge in [-0.1, -0.05) is 0 Å². The first kappa shape index (κ1) is 10.3. The summed E-state index contributed by atoms with van der Waals surface area (Å²) in [6.07, 6.45) is 0.293. The molecule has 0 aromatic rings. The highest BCUT2D eigenvalue weighted by molar-refractivity contribution is 7.99. The molecule has 1 aliphatic rings. The largest absolute Gasteiger partial charge is 0.395 e. The van der Waals surface area contributed by atoms with E-state index in [4.69, 9.17) is 5.11 Å². The van der Waals surface area contributed by atoms with Crippen LogP contribution < -0.4 is 5.32 Å². The molecule has 1 aliphatic heterocycles. The van der Waals surface area contributed by atoms with Crippen LogP contribution >= 0.6 is 11.8 Å². The molecule has 0 bridgehead atoms. The summed E-state index contributed by atoms with van der Waals surface area (Å²) in [5.41, 5.74) is 0. The van der Waals surface area contributed by atoms with Crippen LogP contribution in [-0.2, 0) is 0 Å². The molecule has 72 valence electrons. The van der Waals surface area contributed by atoms with Crippen molar-refractivity contribution >= 4 is 11.8 Å². The fourth-order valence-electron chi connectivity index (χ4n) is 1.36. The summed E-state index contributed by atoms with van der Waals surface area (Å²) in [5, 5.41) is 30.8. The number of aliphatic hydroxyl groups is 3. The molecular weight excluding hydrogens is 178 g/mol. The topological polar surface area (TPSA) is 72.7 Å². The summed E-state index contributed by atoms with van der Waals surface area (Å²) in [7, 11) is 0. The van der Waals surface area contributed by atoms with Crippen LogP contribution in [0, 0.1) is 0 Å². The standard InChI is InChI=1S/C7H15NO3S/c1-12-5-2-8-4(3-9)6(10)7(5)11/h4-11H,2-3H2,1H3/t4?,5-,6+,7+/m0/s1. The van der Waals surface area contributed by atoms with Crippen LogP contribution in [0.4, 0.5) is 0 Å². The van der Waals surface area contributed by atoms with Gasteiger partial charge in [0, 0.05) is 11.8 Å². The van der Waals surface area contributed by atoms with Crippen LogP contribution in [0.2, 0.25) is 0 Å². The summed E-state index contributed by atoms with van der Waals surface area (Å²) >= 11 is 1.52. The molecule has 4 nitrogen and oxygen atoms in total. The van der Waals surface area contributed by atoms with Crippen molar-refractivity contribution in [2.75, 3.05) is 19.4 Å². The zero-order chi connectivity index (χ0) is 9.14. The number of rotatable bonds is 2. The van der Waals surface area contributed by atoms with E-state index in [0.29, 0.717) is 6.54 Å². The highest BCUT2D eigenvalue weighted by Crippen LogP contribution is 2.19. The van der Waals surface area contributed by atoms with Gasteiger partial charge in [0.25, 0.3) is 0 Å². The van der Waals surface area contributed by atoms with E-state index in [9.17, 15) is 10.2 Å². The summed E-state index contributed by atoms with van der Waals surface area (Å²) in [6.45, 7) is 0.490. The molecule has 0 aromatic heterocycles. The predicted molar refractivity (Wildman–Crippen MR) is 48.2 cm³/mol. The molecule has 12 heavy (non-hydrogen) atoms. The van der Waals surface area contributed by atoms with Crippen LogP contribution in [-0.4, -0.2) is 58.2 Å². The highest BCUT2D eigenvalue weighted by atomic mass is 32.2. The molecule has 1 unspecified atom stereocenters. The Morgan fingerprint density at radius 2 is 2.08 bits per heavy atom. The average molecular weight is 193 g/mol. The number of thioether (sulfide) groups is 1. The minimum Gasteiger partial charge on any atom is -0.395 e. The molecule has 0 amide bonds. The maximum absolute atomic E-state index is 9.52. The van der Waals surface area contributed by atoms with Gasteiger partial charge in [-0.2, -0.15) is 11.8 Å². The lowest BCUT2D eigenvalue weighted by Crippen LogP contribution is -2.59. The third kappa shape index (κ3) is 1.92. The first-order valence-corrected chi connectivity index (χ1v) is 5.22. The molecule has 0 aromatic carbocycles. The first-order chi connectivity index (χ1) is 5.70. The second-order valence-electron chi connectivity index (χ2n) is 2.95. The molecule has 1 heterocycles. The van der Waals surface area contributed by atoms with Gasteiger partial charge in [-0.15, -0.1) is 0 Å². The molecule has 1 fully saturated rings. The Morgan fingerprint density at radius 1 is 1.42 bits per heavy atom. The zero-order valence-corrected chi connectivity index (χ0v) is 7.79. The maximum Gasteiger partial charge on any atom is 0.0985 e. The van der Waals surface area contributed by atoms with Gasteiger partial charge >= 0.3 is 0 Å². The summed E-state index contributed by atoms with van der Waals surface area (Å²) in [4.78, 5) is 0. The molecule has 1 rings (SSSR count). The van der Waals surface area contributed by atoms with E-state index in [1.54, 1.807) is 0 Å². The third-order valence-corrected chi connectivity index (χ3v) is 3.27. The van der Waals surface area contributed by atoms with Crippen LogP contribution in [0.15, 0.2) is 0 Å². The monoisotopic (exact) mass is 193 g/mol. The summed E-state index contributed by atoms with van der Waals surface area (Å²) in [5.74, 6) is 0. The molecule has 5 heteroatoms. The fourth-order valence-corrected chi connectivity index (χ4v) is 2.07. The van der Waals surface area contributed by atoms with Crippen LogP contribution in [0.3, 0.4) is 0 Å². The van der Waals surface area contributed by atoms with Crippen molar-refractivity contribution in [2.45, 2.75) is 23.5 Å². The molecule has 1 saturated heterocycles. The molecule has 0 radical (unpaired) electrons. The van der Waals surface area contributed by atoms with Crippen LogP contribution in [0.1, 0.15) is 0 Å². The predicted octanol–water partition coefficient (Wildman–Crippen LogP) is -1.60. The first-order valence-electron chi connectivity index (χ1n) is 3.94. The lowest BCUT2D eigenvalue weighted by molar-refractivity contribution is -0.0344. The molecule has 0 saturated carbocycles. The Morgan fingerprint density at radius 3 is 2.58 bits per heavy atom. The Balaban J connectivity index is 2.52. The van der Waals surface area contributed by atoms with Crippen molar-refractivity contribution in [1.82, 2.24) is 5.32 Å². The third-order valence-electron chi connectivity index (χ3n) is 2.22. The molecule has 4 atom stereocenters. The Hall–Kier alpha value is 0.190. The van der Waals surface area contributed by atoms with Crippen molar-refractivity contribution in [3.05, 3.63) is 0 Å². The second-order valence-corrected chi connectivity index (χ2v) is 4.03. The SMILES string of the molecule is CS[C@H]1CNC(CO)[C@@H](O)[C@@H]1O. The van der Waals surface area contributed by atoms with E-state index in [-0.39, 0.29) is 17.9 Å². The van der Waals surface area contributed by atoms with Gasteiger partial charge in [-0.05, 0) is 6.26 Å². The van der Waals surface area contributed by atoms with Gasteiger partial charge in [0.15, 0.2) is 0 Å². The molecular formula is C7H15NO3S. The maximum atomic E-state index is 9.52. The van der Waals surface area contributed by atoms with Crippen molar-refractivity contribution in [3.63, 3.8) is 0 Å². The van der Waals surface area contributed by atoms with E-state index in [2.05, 4.69) is 5.32 Å². The van der Waals surface area contributed by atoms with E-state index >= 15 is 0 Å². The fraction of sp³-hybridized carbons (Fsp3) is 1.00. The summed E-state index contributed by atoms with van der Waals surface area (Å²) < 4.78 is 0. The van der Waals surface area contributed by atoms with Crippen molar-refractivity contribution in [1.29, 1.82) is 0 Å². The molecule has 0 spiro atoms. The molecule has 0 aliphatic carbocycles. The number of piperidine rings is 1. The van der Waals surface area contributed by atoms with Gasteiger partial charge in [-0.25, -0.2) is 0 Å². The van der Waals surface area contributed by atoms with Crippen molar-refractivity contribution in [3.8, 4) is 0 Å². The van der Waals surface area contributed by atoms with Gasteiger partial charge in [0.2, 0.25) is 0 Å². The van der Waals surface area contributed by atoms with Gasteiger partial charge in [0.1, 0.15) is 0 Å². The van der Waals surface area contributed by atoms with E-state index in [1.165, 1.54) is 11.8 Å². The highest BCUT2D eigenvalue weighted by Gasteiger charge is 2.36. The summed E-state index contributed by atoms with van der Waals surface area (Å²) in [6, 6.07) is -0.386. The van der Waals surface area contributed by atoms with E-state index in [1.807, 2.05) is 6.26 Å². The molecule has 4 N–H and O–H groups in total. The van der Waals surface area contributed by atoms with Crippen LogP contribution in [0.5, 0.6) is 0 Å². The lowest BCUT2D eigenvalue weighted by Gasteiger charge is -2.36. The lowest BCUT2D eigenvalue weighted by atomic mass is 9.99. The zero-order valence-electron chi connectivity index (χ0n) is 6.97. The Labute approximate surface area is 76.0 Å². The van der Waals surface area contributed by atoms with Crippen molar-refractivity contribution in [2.24, 2.45) is 0 Å². The van der Waals surface area contributed by atoms with E-state index < -0.39 is 12.2 Å². The van der Waals surface area contributed by atoms with Gasteiger partial charge < -0.3 is 20.6 Å². The number of nitrogens with one attached hydrogen (secondary N) is 1. The van der Waals surface area contributed by atoms with Crippen molar-refractivity contribution < 1.29 is 15.3 Å². The quantitative estimate of drug-likeness (QED) is 0.425. The number of aliphatic hydroxyl groups excluding tert-OH is 3. The average Bonchev–Trinajstić information content (AvgIpc) is 2.10. The van der Waals surface area contributed by atoms with Gasteiger partial charge in [-0.3, -0.25) is 0 Å². The van der Waals surface area contributed by atoms with Gasteiger partial charge in [0.05, 0.1) is 24.9 Å². The smallest absolute Gasteiger partial charge is 0.0985 e. The van der Waals surface area contributed by atoms with Crippen LogP contribution in [0.25, 0.3) is 0 Å². The Kier molecular flexibility index (Phi) is 3.79. The minimum atomic E-state index is -0.860.